The summed E-state index contributed by atoms with van der Waals surface area (Å²) in [5.74, 6) is -3.32. The summed E-state index contributed by atoms with van der Waals surface area (Å²) in [7, 11) is 0. The van der Waals surface area contributed by atoms with Gasteiger partial charge in [0, 0.05) is 95.9 Å². The topological polar surface area (TPSA) is 324 Å². The van der Waals surface area contributed by atoms with Crippen LogP contribution in [0, 0.1) is 0 Å². The maximum absolute atomic E-state index is 11.5. The molecular weight excluding hydrogens is 965 g/mol. The number of imide groups is 1. The molecule has 0 aliphatic carbocycles. The number of hydroxylamine groups is 2. The summed E-state index contributed by atoms with van der Waals surface area (Å²) < 4.78 is 20.6. The number of imidazole rings is 2. The third kappa shape index (κ3) is 48.5. The molecule has 2 aromatic heterocycles. The summed E-state index contributed by atoms with van der Waals surface area (Å²) in [6, 6.07) is 0. The van der Waals surface area contributed by atoms with Crippen LogP contribution in [0.5, 0.6) is 0 Å². The van der Waals surface area contributed by atoms with Crippen LogP contribution in [0.1, 0.15) is 153 Å². The van der Waals surface area contributed by atoms with Crippen LogP contribution in [0.4, 0.5) is 0 Å². The first-order valence-corrected chi connectivity index (χ1v) is 22.0. The highest BCUT2D eigenvalue weighted by atomic mass is 127. The standard InChI is InChI=1S/C14H23N3O3.C9H16O4.C5H9N3.C5H6O3.C4H5NO3.C4H10O.CH3I.CH4/c1-14(2,3)20-13(19)6-4-5-12(18)16-8-7-11-9-15-10-17-11;1-9(2,3)13-8(12)6-4-5-7(10)11;6-2-1-5-3-7-4-8-5;6-4-2-1-3-5(7)8-4;6-3-1-2-4(7)5(3)8;1-4(2,3)5;1-2;/h9-10H,4-8H2,1-3H3,(H,15,17)(H,16,18);4-6H2,1-3H3,(H,10,11);3-4H,1-2,6H2,(H,7,8);1-3H2;8H,1-2H2;5H,1-3H3;1H3;1H4/i;;;;;;1D;. The molecule has 0 unspecified atom stereocenters. The number of amides is 3. The van der Waals surface area contributed by atoms with E-state index in [0.717, 1.165) is 24.2 Å². The summed E-state index contributed by atoms with van der Waals surface area (Å²) >= 11 is 1.96. The number of carboxylic acids is 1. The number of carbonyl (C=O) groups excluding carboxylic acids is 7. The number of nitrogens with zero attached hydrogens (tertiary/aromatic N) is 3. The van der Waals surface area contributed by atoms with E-state index < -0.39 is 34.6 Å². The molecule has 2 aliphatic heterocycles. The lowest BCUT2D eigenvalue weighted by Crippen LogP contribution is -2.26. The number of H-pyrrole nitrogens is 2. The number of ether oxygens (including phenoxy) is 3. The second-order valence-electron chi connectivity index (χ2n) is 16.5. The lowest BCUT2D eigenvalue weighted by molar-refractivity contribution is -0.171. The Morgan fingerprint density at radius 1 is 0.800 bits per heavy atom. The molecule has 3 amide bonds. The fourth-order valence-corrected chi connectivity index (χ4v) is 4.16. The highest BCUT2D eigenvalue weighted by molar-refractivity contribution is 14.1. The van der Waals surface area contributed by atoms with Gasteiger partial charge in [-0.1, -0.05) is 30.0 Å². The van der Waals surface area contributed by atoms with Crippen LogP contribution in [0.3, 0.4) is 0 Å². The minimum atomic E-state index is -0.886. The molecule has 0 bridgehead atoms. The number of esters is 4. The monoisotopic (exact) mass is 1040 g/mol. The van der Waals surface area contributed by atoms with Crippen molar-refractivity contribution in [1.82, 2.24) is 30.3 Å². The van der Waals surface area contributed by atoms with Crippen molar-refractivity contribution in [2.45, 2.75) is 170 Å². The largest absolute Gasteiger partial charge is 0.481 e. The first kappa shape index (κ1) is 64.5. The Balaban J connectivity index is -0.000000363. The van der Waals surface area contributed by atoms with Gasteiger partial charge in [-0.25, -0.2) is 9.97 Å². The van der Waals surface area contributed by atoms with E-state index in [0.29, 0.717) is 56.5 Å². The lowest BCUT2D eigenvalue weighted by Gasteiger charge is -2.19. The number of carboxylic acid groups (broad SMARTS) is 1. The van der Waals surface area contributed by atoms with E-state index in [1.807, 2.05) is 43.4 Å². The molecule has 0 radical (unpaired) electrons. The summed E-state index contributed by atoms with van der Waals surface area (Å²) in [5, 5.41) is 28.2. The van der Waals surface area contributed by atoms with Crippen molar-refractivity contribution in [2.24, 2.45) is 5.73 Å². The SMILES string of the molecule is C.CC(C)(C)O.CC(C)(C)OC(=O)CCCC(=O)NCCc1cnc[nH]1.CC(C)(C)OC(=O)CCCC(=O)O.NCCc1cnc[nH]1.O=C1CCC(=O)N1O.O=C1CCCC(=O)O1.[2H]CI. The Kier molecular flexibility index (Phi) is 37.1. The highest BCUT2D eigenvalue weighted by Crippen LogP contribution is 2.11. The average molecular weight is 1040 g/mol. The molecule has 2 fully saturated rings. The van der Waals surface area contributed by atoms with E-state index in [1.165, 1.54) is 0 Å². The Morgan fingerprint density at radius 3 is 1.49 bits per heavy atom. The minimum Gasteiger partial charge on any atom is -0.481 e. The van der Waals surface area contributed by atoms with E-state index in [1.54, 1.807) is 66.6 Å². The number of aliphatic carboxylic acids is 1. The first-order valence-electron chi connectivity index (χ1n) is 21.2. The van der Waals surface area contributed by atoms with E-state index in [-0.39, 0.29) is 74.4 Å². The molecule has 4 heterocycles. The van der Waals surface area contributed by atoms with Crippen molar-refractivity contribution >= 4 is 70.2 Å². The quantitative estimate of drug-likeness (QED) is 0.0254. The van der Waals surface area contributed by atoms with Crippen molar-refractivity contribution in [3.8, 4) is 0 Å². The van der Waals surface area contributed by atoms with Gasteiger partial charge in [-0.15, -0.1) is 0 Å². The molecule has 4 rings (SSSR count). The van der Waals surface area contributed by atoms with Crippen molar-refractivity contribution in [3.63, 3.8) is 0 Å². The molecule has 0 aromatic carbocycles. The summed E-state index contributed by atoms with van der Waals surface area (Å²) in [5.41, 5.74) is 5.91. The van der Waals surface area contributed by atoms with Crippen LogP contribution >= 0.6 is 22.6 Å². The van der Waals surface area contributed by atoms with Crippen LogP contribution in [-0.4, -0.2) is 123 Å². The number of carbonyl (C=O) groups is 8. The number of hydrogen-bond acceptors (Lipinski definition) is 16. The molecule has 65 heavy (non-hydrogen) atoms. The van der Waals surface area contributed by atoms with Gasteiger partial charge in [-0.3, -0.25) is 43.6 Å². The Bertz CT molecular complexity index is 1620. The molecule has 0 spiro atoms. The molecule has 2 aromatic rings. The molecule has 2 saturated heterocycles. The van der Waals surface area contributed by atoms with E-state index >= 15 is 0 Å². The van der Waals surface area contributed by atoms with Crippen LogP contribution in [0.2, 0.25) is 0 Å². The molecule has 22 heteroatoms. The number of aromatic amines is 2. The number of alkyl halides is 1. The maximum atomic E-state index is 11.5. The molecule has 374 valence electrons. The van der Waals surface area contributed by atoms with E-state index in [9.17, 15) is 38.4 Å². The van der Waals surface area contributed by atoms with Gasteiger partial charge in [-0.05, 0) is 93.0 Å². The lowest BCUT2D eigenvalue weighted by atomic mass is 10.2. The zero-order chi connectivity index (χ0) is 50.6. The molecule has 2 aliphatic rings. The summed E-state index contributed by atoms with van der Waals surface area (Å²) in [4.78, 5) is 99.2. The van der Waals surface area contributed by atoms with Crippen molar-refractivity contribution in [2.75, 3.05) is 18.0 Å². The first-order chi connectivity index (χ1) is 30.0. The number of nitrogens with two attached hydrogens (primary N) is 1. The van der Waals surface area contributed by atoms with Gasteiger partial charge in [0.2, 0.25) is 5.91 Å². The van der Waals surface area contributed by atoms with Crippen molar-refractivity contribution in [3.05, 3.63) is 36.4 Å². The van der Waals surface area contributed by atoms with Crippen LogP contribution in [0.25, 0.3) is 0 Å². The summed E-state index contributed by atoms with van der Waals surface area (Å²) in [6.07, 6.45) is 11.8. The van der Waals surface area contributed by atoms with Crippen molar-refractivity contribution < 1.29 is 69.4 Å². The number of nitrogens with one attached hydrogen (secondary N) is 3. The Morgan fingerprint density at radius 2 is 1.20 bits per heavy atom. The zero-order valence-corrected chi connectivity index (χ0v) is 40.9. The van der Waals surface area contributed by atoms with Gasteiger partial charge in [-0.2, -0.15) is 5.06 Å². The number of hydrogen-bond donors (Lipinski definition) is 7. The van der Waals surface area contributed by atoms with E-state index in [2.05, 4.69) is 30.0 Å². The normalized spacial score (nSPS) is 13.1. The Labute approximate surface area is 398 Å². The number of halogens is 1. The predicted octanol–water partition coefficient (Wildman–Crippen LogP) is 5.30. The molecule has 8 N–H and O–H groups in total. The predicted molar refractivity (Wildman–Crippen MR) is 250 cm³/mol. The van der Waals surface area contributed by atoms with Gasteiger partial charge in [0.15, 0.2) is 0 Å². The molecule has 0 atom stereocenters. The van der Waals surface area contributed by atoms with Crippen LogP contribution < -0.4 is 11.1 Å². The second kappa shape index (κ2) is 37.4. The fourth-order valence-electron chi connectivity index (χ4n) is 4.16. The number of aromatic nitrogens is 4. The van der Waals surface area contributed by atoms with Gasteiger partial charge in [0.1, 0.15) is 11.2 Å². The molecule has 0 saturated carbocycles. The van der Waals surface area contributed by atoms with Crippen molar-refractivity contribution in [1.29, 1.82) is 0 Å². The second-order valence-corrected chi connectivity index (χ2v) is 16.5. The highest BCUT2D eigenvalue weighted by Gasteiger charge is 2.27. The number of cyclic esters (lactones) is 2. The zero-order valence-electron chi connectivity index (χ0n) is 39.8. The third-order valence-corrected chi connectivity index (χ3v) is 6.65. The van der Waals surface area contributed by atoms with E-state index in [4.69, 9.17) is 32.0 Å². The third-order valence-electron chi connectivity index (χ3n) is 6.65. The van der Waals surface area contributed by atoms with Gasteiger partial charge >= 0.3 is 29.8 Å². The van der Waals surface area contributed by atoms with Gasteiger partial charge in [0.05, 0.1) is 18.3 Å². The molecular formula is C43H76IN7O14. The average Bonchev–Trinajstić information content (AvgIpc) is 3.93. The maximum Gasteiger partial charge on any atom is 0.313 e. The summed E-state index contributed by atoms with van der Waals surface area (Å²) in [6.45, 7) is 17.3. The number of aliphatic hydroxyl groups is 1. The van der Waals surface area contributed by atoms with Crippen LogP contribution in [0.15, 0.2) is 25.0 Å². The van der Waals surface area contributed by atoms with Gasteiger partial charge < -0.3 is 45.4 Å². The number of rotatable bonds is 13. The minimum absolute atomic E-state index is 0. The van der Waals surface area contributed by atoms with Gasteiger partial charge in [0.25, 0.3) is 11.8 Å². The van der Waals surface area contributed by atoms with Crippen LogP contribution in [-0.2, 0) is 65.4 Å². The molecule has 21 nitrogen and oxygen atoms in total. The smallest absolute Gasteiger partial charge is 0.313 e. The Hall–Kier alpha value is -4.81. The fraction of sp³-hybridized carbons (Fsp3) is 0.674.